The molecule has 0 aromatic heterocycles. The molecule has 3 saturated heterocycles. The maximum Gasteiger partial charge on any atom is 0.220 e. The Hall–Kier alpha value is -2.82. The van der Waals surface area contributed by atoms with Crippen LogP contribution in [0.1, 0.15) is 99.9 Å². The van der Waals surface area contributed by atoms with E-state index in [1.807, 2.05) is 24.3 Å². The van der Waals surface area contributed by atoms with Crippen molar-refractivity contribution in [3.8, 4) is 0 Å². The molecule has 0 aliphatic carbocycles. The minimum atomic E-state index is -0.496. The molecule has 0 bridgehead atoms. The van der Waals surface area contributed by atoms with Crippen LogP contribution in [0.25, 0.3) is 0 Å². The van der Waals surface area contributed by atoms with Crippen LogP contribution in [0.4, 0.5) is 0 Å². The van der Waals surface area contributed by atoms with E-state index in [1.165, 1.54) is 45.7 Å². The maximum atomic E-state index is 12.4. The molecular weight excluding hydrogens is 580 g/mol. The fourth-order valence-corrected chi connectivity index (χ4v) is 7.10. The molecule has 3 aliphatic rings. The molecule has 9 nitrogen and oxygen atoms in total. The Kier molecular flexibility index (Phi) is 13.0. The van der Waals surface area contributed by atoms with E-state index in [2.05, 4.69) is 51.6 Å². The predicted octanol–water partition coefficient (Wildman–Crippen LogP) is 4.84. The van der Waals surface area contributed by atoms with Gasteiger partial charge >= 0.3 is 0 Å². The standard InChI is InChI=1S/C37H54N4O5/c1-27-34(25-41-22-8-9-33(41)24-40-20-6-7-21-40)45-37(46-36(27)31-15-13-30(26-42)14-16-31)32-17-11-29(12-18-32)23-39-35(44)10-4-3-5-19-38-28(2)43/h11-18,27,33-34,36-37,42H,3-10,19-26H2,1-2H3,(H,38,43)(H,39,44)/t27-,33+,34+,36+,37+/m1/s1. The second-order valence-electron chi connectivity index (χ2n) is 13.4. The molecule has 0 unspecified atom stereocenters. The van der Waals surface area contributed by atoms with Gasteiger partial charge in [-0.25, -0.2) is 0 Å². The van der Waals surface area contributed by atoms with Crippen LogP contribution < -0.4 is 10.6 Å². The summed E-state index contributed by atoms with van der Waals surface area (Å²) in [7, 11) is 0. The first-order valence-electron chi connectivity index (χ1n) is 17.5. The summed E-state index contributed by atoms with van der Waals surface area (Å²) in [6.45, 7) is 10.5. The number of carbonyl (C=O) groups excluding carboxylic acids is 2. The first kappa shape index (κ1) is 34.5. The third-order valence-electron chi connectivity index (χ3n) is 9.90. The Bertz CT molecular complexity index is 1230. The molecule has 2 amide bonds. The molecule has 2 aromatic carbocycles. The number of rotatable bonds is 15. The molecule has 0 saturated carbocycles. The van der Waals surface area contributed by atoms with Crippen molar-refractivity contribution >= 4 is 11.8 Å². The molecule has 3 fully saturated rings. The van der Waals surface area contributed by atoms with Gasteiger partial charge in [0.25, 0.3) is 0 Å². The lowest BCUT2D eigenvalue weighted by Gasteiger charge is -2.43. The first-order chi connectivity index (χ1) is 22.4. The smallest absolute Gasteiger partial charge is 0.220 e. The van der Waals surface area contributed by atoms with E-state index in [-0.39, 0.29) is 36.5 Å². The lowest BCUT2D eigenvalue weighted by molar-refractivity contribution is -0.276. The van der Waals surface area contributed by atoms with Gasteiger partial charge in [0.05, 0.1) is 18.8 Å². The van der Waals surface area contributed by atoms with Gasteiger partial charge in [-0.1, -0.05) is 61.9 Å². The molecular formula is C37H54N4O5. The van der Waals surface area contributed by atoms with Gasteiger partial charge in [-0.05, 0) is 74.8 Å². The number of ether oxygens (including phenoxy) is 2. The van der Waals surface area contributed by atoms with Crippen LogP contribution in [0.5, 0.6) is 0 Å². The fraction of sp³-hybridized carbons (Fsp3) is 0.622. The van der Waals surface area contributed by atoms with Gasteiger partial charge in [0, 0.05) is 57.0 Å². The molecule has 5 rings (SSSR count). The van der Waals surface area contributed by atoms with E-state index in [0.717, 1.165) is 61.2 Å². The number of likely N-dealkylation sites (tertiary alicyclic amines) is 2. The average molecular weight is 635 g/mol. The predicted molar refractivity (Wildman–Crippen MR) is 179 cm³/mol. The van der Waals surface area contributed by atoms with Crippen LogP contribution in [0.2, 0.25) is 0 Å². The van der Waals surface area contributed by atoms with Crippen LogP contribution in [-0.4, -0.2) is 78.1 Å². The van der Waals surface area contributed by atoms with Crippen LogP contribution >= 0.6 is 0 Å². The maximum absolute atomic E-state index is 12.4. The summed E-state index contributed by atoms with van der Waals surface area (Å²) in [6, 6.07) is 16.9. The molecule has 3 heterocycles. The summed E-state index contributed by atoms with van der Waals surface area (Å²) in [5.74, 6) is 0.181. The Morgan fingerprint density at radius 3 is 2.28 bits per heavy atom. The van der Waals surface area contributed by atoms with Crippen LogP contribution in [-0.2, 0) is 32.2 Å². The minimum Gasteiger partial charge on any atom is -0.392 e. The van der Waals surface area contributed by atoms with Crippen molar-refractivity contribution in [2.45, 2.75) is 103 Å². The average Bonchev–Trinajstić information content (AvgIpc) is 3.75. The Morgan fingerprint density at radius 1 is 0.848 bits per heavy atom. The number of benzene rings is 2. The van der Waals surface area contributed by atoms with E-state index in [9.17, 15) is 14.7 Å². The number of nitrogens with zero attached hydrogens (tertiary/aromatic N) is 2. The molecule has 2 aromatic rings. The van der Waals surface area contributed by atoms with E-state index in [0.29, 0.717) is 25.6 Å². The van der Waals surface area contributed by atoms with Crippen LogP contribution in [0.15, 0.2) is 48.5 Å². The monoisotopic (exact) mass is 634 g/mol. The van der Waals surface area contributed by atoms with Crippen molar-refractivity contribution in [1.82, 2.24) is 20.4 Å². The van der Waals surface area contributed by atoms with Gasteiger partial charge < -0.3 is 30.1 Å². The molecule has 46 heavy (non-hydrogen) atoms. The molecule has 9 heteroatoms. The van der Waals surface area contributed by atoms with Gasteiger partial charge in [-0.15, -0.1) is 0 Å². The van der Waals surface area contributed by atoms with Crippen molar-refractivity contribution in [3.05, 3.63) is 70.8 Å². The second kappa shape index (κ2) is 17.4. The number of hydrogen-bond donors (Lipinski definition) is 3. The lowest BCUT2D eigenvalue weighted by atomic mass is 9.90. The highest BCUT2D eigenvalue weighted by atomic mass is 16.7. The Balaban J connectivity index is 1.20. The first-order valence-corrected chi connectivity index (χ1v) is 17.5. The normalized spacial score (nSPS) is 25.5. The number of hydrogen-bond acceptors (Lipinski definition) is 7. The van der Waals surface area contributed by atoms with E-state index in [4.69, 9.17) is 9.47 Å². The molecule has 0 spiro atoms. The SMILES string of the molecule is CC(=O)NCCCCCC(=O)NCc1ccc([C@H]2O[C@@H](CN3CCC[C@H]3CN3CCCC3)[C@@H](C)[C@@H](c3ccc(CO)cc3)O2)cc1. The highest BCUT2D eigenvalue weighted by Crippen LogP contribution is 2.42. The summed E-state index contributed by atoms with van der Waals surface area (Å²) < 4.78 is 13.5. The topological polar surface area (TPSA) is 103 Å². The zero-order valence-corrected chi connectivity index (χ0v) is 27.8. The van der Waals surface area contributed by atoms with Gasteiger partial charge in [0.15, 0.2) is 6.29 Å². The molecule has 0 radical (unpaired) electrons. The summed E-state index contributed by atoms with van der Waals surface area (Å²) >= 11 is 0. The fourth-order valence-electron chi connectivity index (χ4n) is 7.10. The van der Waals surface area contributed by atoms with Crippen molar-refractivity contribution in [2.24, 2.45) is 5.92 Å². The number of aliphatic hydroxyl groups excluding tert-OH is 1. The Morgan fingerprint density at radius 2 is 1.57 bits per heavy atom. The van der Waals surface area contributed by atoms with Crippen LogP contribution in [0, 0.1) is 5.92 Å². The van der Waals surface area contributed by atoms with Crippen molar-refractivity contribution in [2.75, 3.05) is 39.3 Å². The van der Waals surface area contributed by atoms with Crippen LogP contribution in [0.3, 0.4) is 0 Å². The van der Waals surface area contributed by atoms with Crippen molar-refractivity contribution in [1.29, 1.82) is 0 Å². The molecule has 3 aliphatic heterocycles. The Labute approximate surface area is 275 Å². The lowest BCUT2D eigenvalue weighted by Crippen LogP contribution is -2.48. The quantitative estimate of drug-likeness (QED) is 0.241. The number of amides is 2. The largest absolute Gasteiger partial charge is 0.392 e. The third-order valence-corrected chi connectivity index (χ3v) is 9.90. The number of carbonyl (C=O) groups is 2. The summed E-state index contributed by atoms with van der Waals surface area (Å²) in [6.07, 6.45) is 7.59. The van der Waals surface area contributed by atoms with Gasteiger partial charge in [-0.3, -0.25) is 14.5 Å². The summed E-state index contributed by atoms with van der Waals surface area (Å²) in [5, 5.41) is 15.4. The molecule has 5 atom stereocenters. The zero-order valence-electron chi connectivity index (χ0n) is 27.8. The van der Waals surface area contributed by atoms with Gasteiger partial charge in [0.2, 0.25) is 11.8 Å². The van der Waals surface area contributed by atoms with Gasteiger partial charge in [0.1, 0.15) is 0 Å². The van der Waals surface area contributed by atoms with E-state index >= 15 is 0 Å². The number of unbranched alkanes of at least 4 members (excludes halogenated alkanes) is 2. The van der Waals surface area contributed by atoms with E-state index in [1.54, 1.807) is 0 Å². The highest BCUT2D eigenvalue weighted by Gasteiger charge is 2.40. The highest BCUT2D eigenvalue weighted by molar-refractivity contribution is 5.75. The molecule has 3 N–H and O–H groups in total. The number of aliphatic hydroxyl groups is 1. The third kappa shape index (κ3) is 9.84. The van der Waals surface area contributed by atoms with Crippen molar-refractivity contribution < 1.29 is 24.2 Å². The summed E-state index contributed by atoms with van der Waals surface area (Å²) in [4.78, 5) is 28.6. The second-order valence-corrected chi connectivity index (χ2v) is 13.4. The van der Waals surface area contributed by atoms with Crippen molar-refractivity contribution in [3.63, 3.8) is 0 Å². The minimum absolute atomic E-state index is 0.0117. The zero-order chi connectivity index (χ0) is 32.3. The van der Waals surface area contributed by atoms with Gasteiger partial charge in [-0.2, -0.15) is 0 Å². The number of nitrogens with one attached hydrogen (secondary N) is 2. The summed E-state index contributed by atoms with van der Waals surface area (Å²) in [5.41, 5.74) is 4.00. The molecule has 252 valence electrons. The van der Waals surface area contributed by atoms with E-state index < -0.39 is 6.29 Å².